The lowest BCUT2D eigenvalue weighted by molar-refractivity contribution is 0.0735. The number of fused-ring (bicyclic) bond motifs is 1. The number of hydrogen-bond donors (Lipinski definition) is 6. The van der Waals surface area contributed by atoms with E-state index in [1.54, 1.807) is 42.5 Å². The van der Waals surface area contributed by atoms with E-state index in [0.717, 1.165) is 10.8 Å². The van der Waals surface area contributed by atoms with E-state index in [2.05, 4.69) is 4.99 Å². The minimum Gasteiger partial charge on any atom is -0.423 e. The number of amidine groups is 1. The van der Waals surface area contributed by atoms with Crippen LogP contribution >= 0.6 is 0 Å². The minimum absolute atomic E-state index is 0.00609. The molecular formula is C21H25N5O8S2. The number of carbonyl (C=O) groups excluding carboxylic acids is 1. The van der Waals surface area contributed by atoms with Crippen LogP contribution in [0.1, 0.15) is 15.9 Å². The van der Waals surface area contributed by atoms with Crippen molar-refractivity contribution in [2.45, 2.75) is 0 Å². The molecule has 15 heteroatoms. The molecule has 0 radical (unpaired) electrons. The zero-order valence-electron chi connectivity index (χ0n) is 19.1. The number of hydrogen-bond acceptors (Lipinski definition) is 8. The highest BCUT2D eigenvalue weighted by Crippen LogP contribution is 2.23. The summed E-state index contributed by atoms with van der Waals surface area (Å²) in [6.07, 6.45) is 1.43. The fraction of sp³-hybridized carbons (Fsp3) is 0.0952. The first-order valence-electron chi connectivity index (χ1n) is 9.57. The molecule has 13 nitrogen and oxygen atoms in total. The Kier molecular flexibility index (Phi) is 10.5. The van der Waals surface area contributed by atoms with Gasteiger partial charge in [-0.2, -0.15) is 16.8 Å². The molecule has 194 valence electrons. The number of guanidine groups is 1. The molecule has 0 atom stereocenters. The van der Waals surface area contributed by atoms with Gasteiger partial charge in [-0.1, -0.05) is 18.2 Å². The Balaban J connectivity index is 0.000000550. The van der Waals surface area contributed by atoms with E-state index in [1.165, 1.54) is 0 Å². The van der Waals surface area contributed by atoms with Gasteiger partial charge in [-0.3, -0.25) is 14.5 Å². The van der Waals surface area contributed by atoms with Gasteiger partial charge >= 0.3 is 5.97 Å². The predicted octanol–water partition coefficient (Wildman–Crippen LogP) is 1.26. The molecule has 0 aliphatic carbocycles. The van der Waals surface area contributed by atoms with Crippen molar-refractivity contribution in [3.05, 3.63) is 71.8 Å². The van der Waals surface area contributed by atoms with Gasteiger partial charge in [0, 0.05) is 5.56 Å². The molecule has 3 rings (SSSR count). The van der Waals surface area contributed by atoms with E-state index < -0.39 is 26.2 Å². The van der Waals surface area contributed by atoms with Crippen LogP contribution in [0.3, 0.4) is 0 Å². The molecule has 0 aliphatic heterocycles. The van der Waals surface area contributed by atoms with Crippen LogP contribution in [-0.4, -0.2) is 56.2 Å². The Bertz CT molecular complexity index is 1440. The van der Waals surface area contributed by atoms with Crippen molar-refractivity contribution in [3.63, 3.8) is 0 Å². The summed E-state index contributed by atoms with van der Waals surface area (Å²) in [5.41, 5.74) is 17.7. The van der Waals surface area contributed by atoms with E-state index in [4.69, 9.17) is 36.5 Å². The summed E-state index contributed by atoms with van der Waals surface area (Å²) >= 11 is 0. The third kappa shape index (κ3) is 13.0. The third-order valence-electron chi connectivity index (χ3n) is 3.69. The SMILES string of the molecule is CS(=O)(=O)O.CS(=O)(=O)O.N=C(N)c1ccc2cc(OC(=O)c3ccc(N=C(N)N)cc3)ccc2c1. The summed E-state index contributed by atoms with van der Waals surface area (Å²) in [7, 11) is -7.33. The first-order valence-corrected chi connectivity index (χ1v) is 13.3. The molecule has 0 spiro atoms. The van der Waals surface area contributed by atoms with Crippen LogP contribution in [0.4, 0.5) is 5.69 Å². The molecule has 0 bridgehead atoms. The minimum atomic E-state index is -3.67. The molecule has 3 aromatic carbocycles. The van der Waals surface area contributed by atoms with Crippen molar-refractivity contribution in [2.75, 3.05) is 12.5 Å². The molecule has 36 heavy (non-hydrogen) atoms. The number of carbonyl (C=O) groups is 1. The van der Waals surface area contributed by atoms with Gasteiger partial charge in [0.1, 0.15) is 11.6 Å². The smallest absolute Gasteiger partial charge is 0.343 e. The van der Waals surface area contributed by atoms with Gasteiger partial charge in [0.15, 0.2) is 5.96 Å². The Morgan fingerprint density at radius 1 is 0.806 bits per heavy atom. The molecule has 0 fully saturated rings. The molecule has 9 N–H and O–H groups in total. The Morgan fingerprint density at radius 3 is 1.72 bits per heavy atom. The Morgan fingerprint density at radius 2 is 1.25 bits per heavy atom. The molecule has 0 amide bonds. The quantitative estimate of drug-likeness (QED) is 0.0904. The lowest BCUT2D eigenvalue weighted by Gasteiger charge is -2.07. The van der Waals surface area contributed by atoms with Gasteiger partial charge in [0.2, 0.25) is 0 Å². The van der Waals surface area contributed by atoms with E-state index >= 15 is 0 Å². The van der Waals surface area contributed by atoms with Crippen LogP contribution in [0.15, 0.2) is 65.7 Å². The number of nitrogens with zero attached hydrogens (tertiary/aromatic N) is 1. The van der Waals surface area contributed by atoms with E-state index in [0.29, 0.717) is 35.1 Å². The number of nitrogen functional groups attached to an aromatic ring is 1. The summed E-state index contributed by atoms with van der Waals surface area (Å²) < 4.78 is 57.2. The standard InChI is InChI=1S/C19H17N5O2.2CH4O3S/c20-17(21)14-2-1-13-10-16(8-5-12(13)9-14)26-18(25)11-3-6-15(7-4-11)24-19(22)23;2*1-5(2,3)4/h1-10H,(H3,20,21)(H4,22,23,24);2*1H3,(H,2,3,4). The molecule has 0 saturated heterocycles. The number of nitrogens with one attached hydrogen (secondary N) is 1. The monoisotopic (exact) mass is 539 g/mol. The largest absolute Gasteiger partial charge is 0.423 e. The normalized spacial score (nSPS) is 10.7. The second kappa shape index (κ2) is 12.6. The van der Waals surface area contributed by atoms with Crippen LogP contribution in [0.25, 0.3) is 10.8 Å². The average molecular weight is 540 g/mol. The number of ether oxygens (including phenoxy) is 1. The predicted molar refractivity (Wildman–Crippen MR) is 137 cm³/mol. The van der Waals surface area contributed by atoms with Gasteiger partial charge in [-0.05, 0) is 53.2 Å². The molecule has 0 saturated carbocycles. The summed E-state index contributed by atoms with van der Waals surface area (Å²) in [5.74, 6) is -0.108. The van der Waals surface area contributed by atoms with Crippen LogP contribution < -0.4 is 21.9 Å². The van der Waals surface area contributed by atoms with Gasteiger partial charge < -0.3 is 21.9 Å². The van der Waals surface area contributed by atoms with Crippen molar-refractivity contribution in [2.24, 2.45) is 22.2 Å². The van der Waals surface area contributed by atoms with Gasteiger partial charge in [-0.25, -0.2) is 9.79 Å². The van der Waals surface area contributed by atoms with Crippen LogP contribution in [-0.2, 0) is 20.2 Å². The second-order valence-electron chi connectivity index (χ2n) is 7.08. The Hall–Kier alpha value is -4.05. The van der Waals surface area contributed by atoms with Crippen molar-refractivity contribution >= 4 is 54.5 Å². The molecule has 0 aromatic heterocycles. The topological polar surface area (TPSA) is 249 Å². The molecule has 3 aromatic rings. The Labute approximate surface area is 207 Å². The lowest BCUT2D eigenvalue weighted by atomic mass is 10.1. The number of esters is 1. The first-order chi connectivity index (χ1) is 16.4. The fourth-order valence-corrected chi connectivity index (χ4v) is 2.44. The number of rotatable bonds is 4. The highest BCUT2D eigenvalue weighted by molar-refractivity contribution is 7.85. The summed E-state index contributed by atoms with van der Waals surface area (Å²) in [6.45, 7) is 0. The number of aliphatic imine (C=N–C) groups is 1. The third-order valence-corrected chi connectivity index (χ3v) is 3.69. The zero-order chi connectivity index (χ0) is 27.7. The van der Waals surface area contributed by atoms with Crippen molar-refractivity contribution in [1.82, 2.24) is 0 Å². The summed E-state index contributed by atoms with van der Waals surface area (Å²) in [5, 5.41) is 9.26. The van der Waals surface area contributed by atoms with Gasteiger partial charge in [0.25, 0.3) is 20.2 Å². The number of benzene rings is 3. The van der Waals surface area contributed by atoms with Crippen LogP contribution in [0.2, 0.25) is 0 Å². The molecule has 0 heterocycles. The molecule has 0 unspecified atom stereocenters. The molecular weight excluding hydrogens is 514 g/mol. The maximum absolute atomic E-state index is 12.3. The van der Waals surface area contributed by atoms with E-state index in [-0.39, 0.29) is 11.8 Å². The maximum atomic E-state index is 12.3. The first kappa shape index (κ1) is 30.0. The van der Waals surface area contributed by atoms with Crippen LogP contribution in [0.5, 0.6) is 5.75 Å². The van der Waals surface area contributed by atoms with Gasteiger partial charge in [0.05, 0.1) is 23.8 Å². The van der Waals surface area contributed by atoms with Crippen molar-refractivity contribution < 1.29 is 35.5 Å². The van der Waals surface area contributed by atoms with Gasteiger partial charge in [-0.15, -0.1) is 0 Å². The fourth-order valence-electron chi connectivity index (χ4n) is 2.44. The summed E-state index contributed by atoms with van der Waals surface area (Å²) in [4.78, 5) is 16.2. The van der Waals surface area contributed by atoms with Crippen LogP contribution in [0, 0.1) is 5.41 Å². The van der Waals surface area contributed by atoms with Crippen molar-refractivity contribution in [3.8, 4) is 5.75 Å². The highest BCUT2D eigenvalue weighted by atomic mass is 32.2. The number of nitrogens with two attached hydrogens (primary N) is 3. The maximum Gasteiger partial charge on any atom is 0.343 e. The zero-order valence-corrected chi connectivity index (χ0v) is 20.7. The van der Waals surface area contributed by atoms with E-state index in [1.807, 2.05) is 18.2 Å². The lowest BCUT2D eigenvalue weighted by Crippen LogP contribution is -2.21. The second-order valence-corrected chi connectivity index (χ2v) is 10.0. The van der Waals surface area contributed by atoms with Crippen molar-refractivity contribution in [1.29, 1.82) is 5.41 Å². The highest BCUT2D eigenvalue weighted by Gasteiger charge is 2.09. The molecule has 0 aliphatic rings. The average Bonchev–Trinajstić information content (AvgIpc) is 2.71. The summed E-state index contributed by atoms with van der Waals surface area (Å²) in [6, 6.07) is 17.1. The van der Waals surface area contributed by atoms with E-state index in [9.17, 15) is 21.6 Å².